The number of aromatic nitrogens is 4. The smallest absolute Gasteiger partial charge is 0.274 e. The molecule has 1 aromatic carbocycles. The van der Waals surface area contributed by atoms with E-state index in [0.29, 0.717) is 10.7 Å². The van der Waals surface area contributed by atoms with Crippen molar-refractivity contribution in [3.63, 3.8) is 0 Å². The number of hydrogen-bond acceptors (Lipinski definition) is 4. The molecule has 0 aliphatic rings. The molecular formula is C14H10ClN5O. The molecule has 0 aliphatic heterocycles. The summed E-state index contributed by atoms with van der Waals surface area (Å²) in [6.07, 6.45) is 4.66. The van der Waals surface area contributed by atoms with Gasteiger partial charge in [-0.1, -0.05) is 17.7 Å². The molecule has 0 spiro atoms. The van der Waals surface area contributed by atoms with E-state index in [9.17, 15) is 4.79 Å². The fourth-order valence-electron chi connectivity index (χ4n) is 1.80. The van der Waals surface area contributed by atoms with Gasteiger partial charge in [0.15, 0.2) is 0 Å². The molecule has 1 N–H and O–H groups in total. The molecule has 0 unspecified atom stereocenters. The van der Waals surface area contributed by atoms with Crippen LogP contribution in [0.25, 0.3) is 5.69 Å². The highest BCUT2D eigenvalue weighted by Crippen LogP contribution is 2.15. The van der Waals surface area contributed by atoms with E-state index in [1.807, 2.05) is 18.2 Å². The second kappa shape index (κ2) is 5.72. The van der Waals surface area contributed by atoms with E-state index in [2.05, 4.69) is 20.5 Å². The van der Waals surface area contributed by atoms with Crippen LogP contribution in [0.15, 0.2) is 55.2 Å². The lowest BCUT2D eigenvalue weighted by molar-refractivity contribution is 0.102. The van der Waals surface area contributed by atoms with Crippen molar-refractivity contribution >= 4 is 23.2 Å². The van der Waals surface area contributed by atoms with Crippen molar-refractivity contribution in [1.82, 2.24) is 19.7 Å². The molecule has 0 saturated carbocycles. The number of halogens is 1. The monoisotopic (exact) mass is 299 g/mol. The van der Waals surface area contributed by atoms with Gasteiger partial charge in [-0.3, -0.25) is 14.3 Å². The highest BCUT2D eigenvalue weighted by atomic mass is 35.5. The van der Waals surface area contributed by atoms with Gasteiger partial charge in [-0.2, -0.15) is 0 Å². The molecule has 0 atom stereocenters. The van der Waals surface area contributed by atoms with Gasteiger partial charge in [0.05, 0.1) is 5.69 Å². The van der Waals surface area contributed by atoms with Crippen molar-refractivity contribution in [2.24, 2.45) is 0 Å². The number of amides is 1. The molecule has 1 amide bonds. The van der Waals surface area contributed by atoms with E-state index in [1.54, 1.807) is 29.4 Å². The molecule has 2 aromatic heterocycles. The number of pyridine rings is 1. The lowest BCUT2D eigenvalue weighted by Gasteiger charge is -2.07. The number of nitrogens with one attached hydrogen (secondary N) is 1. The predicted molar refractivity (Wildman–Crippen MR) is 78.6 cm³/mol. The molecule has 7 heteroatoms. The Morgan fingerprint density at radius 3 is 2.71 bits per heavy atom. The van der Waals surface area contributed by atoms with E-state index in [-0.39, 0.29) is 11.6 Å². The van der Waals surface area contributed by atoms with Crippen LogP contribution in [0, 0.1) is 0 Å². The van der Waals surface area contributed by atoms with Crippen molar-refractivity contribution < 1.29 is 4.79 Å². The lowest BCUT2D eigenvalue weighted by atomic mass is 10.2. The normalized spacial score (nSPS) is 10.3. The zero-order valence-electron chi connectivity index (χ0n) is 10.8. The van der Waals surface area contributed by atoms with E-state index in [1.165, 1.54) is 12.3 Å². The van der Waals surface area contributed by atoms with Crippen LogP contribution in [-0.4, -0.2) is 25.7 Å². The highest BCUT2D eigenvalue weighted by Gasteiger charge is 2.08. The van der Waals surface area contributed by atoms with Crippen LogP contribution < -0.4 is 5.32 Å². The summed E-state index contributed by atoms with van der Waals surface area (Å²) in [7, 11) is 0. The number of nitrogens with zero attached hydrogens (tertiary/aromatic N) is 4. The van der Waals surface area contributed by atoms with Gasteiger partial charge < -0.3 is 5.32 Å². The highest BCUT2D eigenvalue weighted by molar-refractivity contribution is 6.30. The topological polar surface area (TPSA) is 72.7 Å². The summed E-state index contributed by atoms with van der Waals surface area (Å²) in [6, 6.07) is 10.4. The first-order chi connectivity index (χ1) is 10.2. The maximum absolute atomic E-state index is 12.1. The SMILES string of the molecule is O=C(Nc1cccc(-n2cnnc2)c1)c1cc(Cl)ccn1. The number of hydrogen-bond donors (Lipinski definition) is 1. The Kier molecular flexibility index (Phi) is 3.61. The first-order valence-corrected chi connectivity index (χ1v) is 6.48. The van der Waals surface area contributed by atoms with Crippen LogP contribution in [0.5, 0.6) is 0 Å². The molecule has 6 nitrogen and oxygen atoms in total. The molecule has 0 saturated heterocycles. The summed E-state index contributed by atoms with van der Waals surface area (Å²) in [5.74, 6) is -0.321. The maximum Gasteiger partial charge on any atom is 0.274 e. The number of rotatable bonds is 3. The minimum absolute atomic E-state index is 0.261. The van der Waals surface area contributed by atoms with Crippen LogP contribution in [0.1, 0.15) is 10.5 Å². The van der Waals surface area contributed by atoms with Crippen LogP contribution in [0.2, 0.25) is 5.02 Å². The minimum atomic E-state index is -0.321. The summed E-state index contributed by atoms with van der Waals surface area (Å²) in [5.41, 5.74) is 1.75. The van der Waals surface area contributed by atoms with Crippen molar-refractivity contribution in [3.8, 4) is 5.69 Å². The average molecular weight is 300 g/mol. The first kappa shape index (κ1) is 13.3. The largest absolute Gasteiger partial charge is 0.321 e. The molecule has 104 valence electrons. The zero-order chi connectivity index (χ0) is 14.7. The van der Waals surface area contributed by atoms with Gasteiger partial charge in [0, 0.05) is 16.9 Å². The van der Waals surface area contributed by atoms with Crippen LogP contribution >= 0.6 is 11.6 Å². The summed E-state index contributed by atoms with van der Waals surface area (Å²) < 4.78 is 1.74. The standard InChI is InChI=1S/C14H10ClN5O/c15-10-4-5-16-13(6-10)14(21)19-11-2-1-3-12(7-11)20-8-17-18-9-20/h1-9H,(H,19,21). The number of benzene rings is 1. The zero-order valence-corrected chi connectivity index (χ0v) is 11.5. The molecule has 2 heterocycles. The molecule has 0 radical (unpaired) electrons. The summed E-state index contributed by atoms with van der Waals surface area (Å²) >= 11 is 5.85. The molecular weight excluding hydrogens is 290 g/mol. The van der Waals surface area contributed by atoms with E-state index in [4.69, 9.17) is 11.6 Å². The minimum Gasteiger partial charge on any atom is -0.321 e. The predicted octanol–water partition coefficient (Wildman–Crippen LogP) is 2.57. The van der Waals surface area contributed by atoms with Gasteiger partial charge in [-0.05, 0) is 30.3 Å². The quantitative estimate of drug-likeness (QED) is 0.806. The third-order valence-corrected chi connectivity index (χ3v) is 3.01. The number of carbonyl (C=O) groups excluding carboxylic acids is 1. The molecule has 3 aromatic rings. The van der Waals surface area contributed by atoms with Crippen molar-refractivity contribution in [2.45, 2.75) is 0 Å². The molecule has 0 aliphatic carbocycles. The third kappa shape index (κ3) is 3.06. The Balaban J connectivity index is 1.82. The molecule has 3 rings (SSSR count). The van der Waals surface area contributed by atoms with Crippen LogP contribution in [0.3, 0.4) is 0 Å². The van der Waals surface area contributed by atoms with E-state index >= 15 is 0 Å². The van der Waals surface area contributed by atoms with Gasteiger partial charge in [-0.15, -0.1) is 10.2 Å². The van der Waals surface area contributed by atoms with Crippen molar-refractivity contribution in [1.29, 1.82) is 0 Å². The van der Waals surface area contributed by atoms with Gasteiger partial charge in [0.25, 0.3) is 5.91 Å². The van der Waals surface area contributed by atoms with Crippen LogP contribution in [-0.2, 0) is 0 Å². The van der Waals surface area contributed by atoms with Crippen molar-refractivity contribution in [3.05, 3.63) is 66.0 Å². The Labute approximate surface area is 125 Å². The molecule has 0 fully saturated rings. The second-order valence-corrected chi connectivity index (χ2v) is 4.67. The fraction of sp³-hybridized carbons (Fsp3) is 0. The Bertz CT molecular complexity index is 773. The summed E-state index contributed by atoms with van der Waals surface area (Å²) in [6.45, 7) is 0. The van der Waals surface area contributed by atoms with Gasteiger partial charge in [0.2, 0.25) is 0 Å². The Hall–Kier alpha value is -2.73. The van der Waals surface area contributed by atoms with Gasteiger partial charge in [-0.25, -0.2) is 0 Å². The van der Waals surface area contributed by atoms with E-state index < -0.39 is 0 Å². The average Bonchev–Trinajstić information content (AvgIpc) is 3.02. The number of carbonyl (C=O) groups is 1. The molecule has 21 heavy (non-hydrogen) atoms. The first-order valence-electron chi connectivity index (χ1n) is 6.10. The lowest BCUT2D eigenvalue weighted by Crippen LogP contribution is -2.13. The maximum atomic E-state index is 12.1. The molecule has 0 bridgehead atoms. The van der Waals surface area contributed by atoms with Crippen LogP contribution in [0.4, 0.5) is 5.69 Å². The Morgan fingerprint density at radius 2 is 1.95 bits per heavy atom. The summed E-state index contributed by atoms with van der Waals surface area (Å²) in [4.78, 5) is 16.1. The van der Waals surface area contributed by atoms with E-state index in [0.717, 1.165) is 5.69 Å². The fourth-order valence-corrected chi connectivity index (χ4v) is 1.96. The van der Waals surface area contributed by atoms with Gasteiger partial charge >= 0.3 is 0 Å². The number of anilines is 1. The third-order valence-electron chi connectivity index (χ3n) is 2.78. The van der Waals surface area contributed by atoms with Crippen molar-refractivity contribution in [2.75, 3.05) is 5.32 Å². The Morgan fingerprint density at radius 1 is 1.14 bits per heavy atom. The summed E-state index contributed by atoms with van der Waals surface area (Å²) in [5, 5.41) is 10.7. The second-order valence-electron chi connectivity index (χ2n) is 4.23. The van der Waals surface area contributed by atoms with Gasteiger partial charge in [0.1, 0.15) is 18.3 Å².